The van der Waals surface area contributed by atoms with Crippen LogP contribution in [0.25, 0.3) is 0 Å². The molecule has 0 N–H and O–H groups in total. The molecule has 0 saturated carbocycles. The molecule has 1 saturated heterocycles. The number of hydrogen-bond donors (Lipinski definition) is 0. The molecular weight excluding hydrogens is 270 g/mol. The Balaban J connectivity index is 1.91. The highest BCUT2D eigenvalue weighted by Crippen LogP contribution is 2.29. The van der Waals surface area contributed by atoms with Gasteiger partial charge in [0.15, 0.2) is 0 Å². The molecule has 1 aliphatic heterocycles. The number of aliphatic carboxylic acids is 1. The minimum Gasteiger partial charge on any atom is -0.550 e. The second-order valence-corrected chi connectivity index (χ2v) is 5.33. The van der Waals surface area contributed by atoms with Crippen molar-refractivity contribution in [3.63, 3.8) is 0 Å². The normalized spacial score (nSPS) is 21.3. The topological polar surface area (TPSA) is 69.7 Å². The Morgan fingerprint density at radius 1 is 1.33 bits per heavy atom. The lowest BCUT2D eigenvalue weighted by Crippen LogP contribution is -2.39. The van der Waals surface area contributed by atoms with E-state index in [2.05, 4.69) is 0 Å². The average molecular weight is 290 g/mol. The van der Waals surface area contributed by atoms with Crippen LogP contribution < -0.4 is 5.11 Å². The van der Waals surface area contributed by atoms with Gasteiger partial charge in [-0.2, -0.15) is 0 Å². The summed E-state index contributed by atoms with van der Waals surface area (Å²) in [5.41, 5.74) is 0.935. The van der Waals surface area contributed by atoms with Gasteiger partial charge in [-0.25, -0.2) is 4.79 Å². The van der Waals surface area contributed by atoms with Gasteiger partial charge in [-0.15, -0.1) is 0 Å². The molecule has 0 bridgehead atoms. The maximum atomic E-state index is 12.2. The summed E-state index contributed by atoms with van der Waals surface area (Å²) in [5, 5.41) is 10.8. The molecule has 0 aromatic heterocycles. The third-order valence-corrected chi connectivity index (χ3v) is 3.97. The number of benzene rings is 1. The summed E-state index contributed by atoms with van der Waals surface area (Å²) in [5.74, 6) is -1.10. The molecule has 5 heteroatoms. The fourth-order valence-corrected chi connectivity index (χ4v) is 2.95. The number of nitrogens with zero attached hydrogens (tertiary/aromatic N) is 1. The lowest BCUT2D eigenvalue weighted by atomic mass is 9.95. The van der Waals surface area contributed by atoms with Gasteiger partial charge in [0, 0.05) is 18.6 Å². The third kappa shape index (κ3) is 3.97. The summed E-state index contributed by atoms with van der Waals surface area (Å²) in [6.45, 7) is 2.73. The summed E-state index contributed by atoms with van der Waals surface area (Å²) in [4.78, 5) is 24.6. The minimum absolute atomic E-state index is 0.000964. The van der Waals surface area contributed by atoms with E-state index in [1.165, 1.54) is 0 Å². The molecule has 1 fully saturated rings. The van der Waals surface area contributed by atoms with Crippen molar-refractivity contribution in [1.29, 1.82) is 0 Å². The third-order valence-electron chi connectivity index (χ3n) is 3.97. The predicted molar refractivity (Wildman–Crippen MR) is 75.1 cm³/mol. The van der Waals surface area contributed by atoms with Crippen LogP contribution in [0.4, 0.5) is 4.79 Å². The standard InChI is InChI=1S/C16H21NO4/c1-2-14-13(10-15(18)19)8-9-17(14)16(20)21-11-12-6-4-3-5-7-12/h3-7,13-14H,2,8-11H2,1H3,(H,18,19)/p-1. The van der Waals surface area contributed by atoms with E-state index in [0.717, 1.165) is 12.0 Å². The van der Waals surface area contributed by atoms with E-state index in [-0.39, 0.29) is 31.1 Å². The first-order valence-electron chi connectivity index (χ1n) is 7.29. The summed E-state index contributed by atoms with van der Waals surface area (Å²) >= 11 is 0. The molecule has 0 radical (unpaired) electrons. The molecule has 2 rings (SSSR count). The first kappa shape index (κ1) is 15.4. The smallest absolute Gasteiger partial charge is 0.410 e. The van der Waals surface area contributed by atoms with Crippen molar-refractivity contribution in [1.82, 2.24) is 4.90 Å². The highest BCUT2D eigenvalue weighted by atomic mass is 16.6. The monoisotopic (exact) mass is 290 g/mol. The number of hydrogen-bond acceptors (Lipinski definition) is 4. The van der Waals surface area contributed by atoms with Crippen LogP contribution in [-0.2, 0) is 16.1 Å². The van der Waals surface area contributed by atoms with E-state index in [9.17, 15) is 14.7 Å². The molecule has 2 atom stereocenters. The van der Waals surface area contributed by atoms with Crippen LogP contribution in [0.1, 0.15) is 31.7 Å². The fraction of sp³-hybridized carbons (Fsp3) is 0.500. The van der Waals surface area contributed by atoms with Gasteiger partial charge >= 0.3 is 6.09 Å². The van der Waals surface area contributed by atoms with Gasteiger partial charge in [-0.3, -0.25) is 0 Å². The van der Waals surface area contributed by atoms with Gasteiger partial charge in [0.05, 0.1) is 0 Å². The van der Waals surface area contributed by atoms with Crippen molar-refractivity contribution in [3.8, 4) is 0 Å². The van der Waals surface area contributed by atoms with Crippen molar-refractivity contribution in [3.05, 3.63) is 35.9 Å². The van der Waals surface area contributed by atoms with Gasteiger partial charge in [0.2, 0.25) is 0 Å². The minimum atomic E-state index is -1.06. The number of carboxylic acids is 1. The summed E-state index contributed by atoms with van der Waals surface area (Å²) in [6, 6.07) is 9.41. The van der Waals surface area contributed by atoms with Crippen LogP contribution in [0.3, 0.4) is 0 Å². The van der Waals surface area contributed by atoms with Crippen molar-refractivity contribution >= 4 is 12.1 Å². The Morgan fingerprint density at radius 3 is 2.67 bits per heavy atom. The Labute approximate surface area is 124 Å². The number of likely N-dealkylation sites (tertiary alicyclic amines) is 1. The lowest BCUT2D eigenvalue weighted by molar-refractivity contribution is -0.306. The molecular formula is C16H20NO4-. The molecule has 2 unspecified atom stereocenters. The van der Waals surface area contributed by atoms with Gasteiger partial charge in [0.25, 0.3) is 0 Å². The van der Waals surface area contributed by atoms with Crippen molar-refractivity contribution in [2.45, 2.75) is 38.8 Å². The van der Waals surface area contributed by atoms with Crippen LogP contribution in [0.2, 0.25) is 0 Å². The zero-order valence-corrected chi connectivity index (χ0v) is 12.2. The molecule has 21 heavy (non-hydrogen) atoms. The maximum Gasteiger partial charge on any atom is 0.410 e. The summed E-state index contributed by atoms with van der Waals surface area (Å²) < 4.78 is 5.32. The summed E-state index contributed by atoms with van der Waals surface area (Å²) in [7, 11) is 0. The van der Waals surface area contributed by atoms with Crippen molar-refractivity contribution in [2.24, 2.45) is 5.92 Å². The Morgan fingerprint density at radius 2 is 2.05 bits per heavy atom. The zero-order chi connectivity index (χ0) is 15.2. The van der Waals surface area contributed by atoms with E-state index < -0.39 is 5.97 Å². The van der Waals surface area contributed by atoms with Gasteiger partial charge in [-0.05, 0) is 30.7 Å². The Kier molecular flexibility index (Phi) is 5.20. The van der Waals surface area contributed by atoms with E-state index in [1.807, 2.05) is 37.3 Å². The van der Waals surface area contributed by atoms with Gasteiger partial charge in [-0.1, -0.05) is 37.3 Å². The van der Waals surface area contributed by atoms with Crippen LogP contribution in [0.15, 0.2) is 30.3 Å². The number of rotatable bonds is 5. The predicted octanol–water partition coefficient (Wildman–Crippen LogP) is 1.56. The second-order valence-electron chi connectivity index (χ2n) is 5.33. The number of carboxylic acid groups (broad SMARTS) is 1. The van der Waals surface area contributed by atoms with Gasteiger partial charge < -0.3 is 19.5 Å². The molecule has 114 valence electrons. The largest absolute Gasteiger partial charge is 0.550 e. The van der Waals surface area contributed by atoms with Crippen molar-refractivity contribution in [2.75, 3.05) is 6.54 Å². The molecule has 1 heterocycles. The molecule has 0 aliphatic carbocycles. The molecule has 1 aliphatic rings. The number of amides is 1. The quantitative estimate of drug-likeness (QED) is 0.825. The van der Waals surface area contributed by atoms with E-state index in [1.54, 1.807) is 4.90 Å². The number of ether oxygens (including phenoxy) is 1. The maximum absolute atomic E-state index is 12.2. The first-order valence-corrected chi connectivity index (χ1v) is 7.29. The SMILES string of the molecule is CCC1C(CC(=O)[O-])CCN1C(=O)OCc1ccccc1. The summed E-state index contributed by atoms with van der Waals surface area (Å²) in [6.07, 6.45) is 1.04. The number of carbonyl (C=O) groups is 2. The van der Waals surface area contributed by atoms with E-state index in [0.29, 0.717) is 13.0 Å². The Hall–Kier alpha value is -2.04. The van der Waals surface area contributed by atoms with Crippen LogP contribution in [0, 0.1) is 5.92 Å². The highest BCUT2D eigenvalue weighted by molar-refractivity contribution is 5.69. The Bertz CT molecular complexity index is 488. The molecule has 1 aromatic rings. The van der Waals surface area contributed by atoms with Gasteiger partial charge in [0.1, 0.15) is 6.61 Å². The van der Waals surface area contributed by atoms with Crippen LogP contribution in [0.5, 0.6) is 0 Å². The van der Waals surface area contributed by atoms with E-state index in [4.69, 9.17) is 4.74 Å². The number of carbonyl (C=O) groups excluding carboxylic acids is 2. The van der Waals surface area contributed by atoms with Crippen molar-refractivity contribution < 1.29 is 19.4 Å². The molecule has 5 nitrogen and oxygen atoms in total. The second kappa shape index (κ2) is 7.11. The van der Waals surface area contributed by atoms with E-state index >= 15 is 0 Å². The molecule has 1 amide bonds. The molecule has 0 spiro atoms. The first-order chi connectivity index (χ1) is 10.1. The van der Waals surface area contributed by atoms with Crippen LogP contribution >= 0.6 is 0 Å². The zero-order valence-electron chi connectivity index (χ0n) is 12.2. The lowest BCUT2D eigenvalue weighted by Gasteiger charge is -2.26. The molecule has 1 aromatic carbocycles. The average Bonchev–Trinajstić information content (AvgIpc) is 2.87. The van der Waals surface area contributed by atoms with Crippen LogP contribution in [-0.4, -0.2) is 29.5 Å². The highest BCUT2D eigenvalue weighted by Gasteiger charge is 2.36. The fourth-order valence-electron chi connectivity index (χ4n) is 2.95.